The van der Waals surface area contributed by atoms with Gasteiger partial charge in [0.25, 0.3) is 0 Å². The van der Waals surface area contributed by atoms with Crippen LogP contribution in [0, 0.1) is 5.82 Å². The number of rotatable bonds is 4. The first-order valence-electron chi connectivity index (χ1n) is 6.76. The third kappa shape index (κ3) is 3.76. The van der Waals surface area contributed by atoms with Crippen LogP contribution in [0.5, 0.6) is 0 Å². The van der Waals surface area contributed by atoms with Crippen LogP contribution >= 0.6 is 23.2 Å². The Morgan fingerprint density at radius 1 is 1.05 bits per heavy atom. The molecule has 0 aromatic heterocycles. The van der Waals surface area contributed by atoms with Gasteiger partial charge < -0.3 is 5.73 Å². The van der Waals surface area contributed by atoms with E-state index in [2.05, 4.69) is 13.8 Å². The van der Waals surface area contributed by atoms with Crippen molar-refractivity contribution in [1.29, 1.82) is 0 Å². The van der Waals surface area contributed by atoms with Crippen molar-refractivity contribution in [2.75, 3.05) is 0 Å². The average molecular weight is 326 g/mol. The Kier molecular flexibility index (Phi) is 4.92. The predicted molar refractivity (Wildman–Crippen MR) is 87.6 cm³/mol. The average Bonchev–Trinajstić information content (AvgIpc) is 2.43. The SMILES string of the molecule is CC(C)(c1ccc(F)cc1)C(N)Cc1ccc(Cl)c(Cl)c1. The summed E-state index contributed by atoms with van der Waals surface area (Å²) < 4.78 is 13.0. The molecule has 0 heterocycles. The minimum absolute atomic E-state index is 0.125. The fraction of sp³-hybridized carbons (Fsp3) is 0.294. The smallest absolute Gasteiger partial charge is 0.123 e. The molecule has 1 unspecified atom stereocenters. The van der Waals surface area contributed by atoms with Gasteiger partial charge in [0.15, 0.2) is 0 Å². The van der Waals surface area contributed by atoms with Crippen LogP contribution in [0.2, 0.25) is 10.0 Å². The lowest BCUT2D eigenvalue weighted by atomic mass is 9.76. The van der Waals surface area contributed by atoms with Gasteiger partial charge in [0, 0.05) is 11.5 Å². The summed E-state index contributed by atoms with van der Waals surface area (Å²) in [5.74, 6) is -0.243. The summed E-state index contributed by atoms with van der Waals surface area (Å²) in [5, 5.41) is 1.06. The van der Waals surface area contributed by atoms with Gasteiger partial charge in [-0.1, -0.05) is 55.2 Å². The molecule has 4 heteroatoms. The zero-order chi connectivity index (χ0) is 15.6. The van der Waals surface area contributed by atoms with Crippen molar-refractivity contribution in [3.05, 3.63) is 69.5 Å². The van der Waals surface area contributed by atoms with E-state index in [-0.39, 0.29) is 17.3 Å². The van der Waals surface area contributed by atoms with Gasteiger partial charge in [0.2, 0.25) is 0 Å². The maximum atomic E-state index is 13.0. The van der Waals surface area contributed by atoms with E-state index in [9.17, 15) is 4.39 Å². The highest BCUT2D eigenvalue weighted by atomic mass is 35.5. The zero-order valence-electron chi connectivity index (χ0n) is 12.0. The first kappa shape index (κ1) is 16.3. The third-order valence-corrected chi connectivity index (χ3v) is 4.69. The quantitative estimate of drug-likeness (QED) is 0.842. The summed E-state index contributed by atoms with van der Waals surface area (Å²) in [6.07, 6.45) is 0.668. The van der Waals surface area contributed by atoms with Crippen molar-refractivity contribution >= 4 is 23.2 Å². The molecule has 1 atom stereocenters. The largest absolute Gasteiger partial charge is 0.327 e. The van der Waals surface area contributed by atoms with Crippen LogP contribution in [0.1, 0.15) is 25.0 Å². The highest BCUT2D eigenvalue weighted by Gasteiger charge is 2.28. The second kappa shape index (κ2) is 6.35. The van der Waals surface area contributed by atoms with Gasteiger partial charge in [0.1, 0.15) is 5.82 Å². The molecule has 0 fully saturated rings. The van der Waals surface area contributed by atoms with Gasteiger partial charge in [-0.05, 0) is 41.8 Å². The third-order valence-electron chi connectivity index (χ3n) is 3.95. The Morgan fingerprint density at radius 2 is 1.67 bits per heavy atom. The molecule has 0 radical (unpaired) electrons. The van der Waals surface area contributed by atoms with Crippen LogP contribution in [0.3, 0.4) is 0 Å². The number of nitrogens with two attached hydrogens (primary N) is 1. The maximum absolute atomic E-state index is 13.0. The van der Waals surface area contributed by atoms with Crippen molar-refractivity contribution in [1.82, 2.24) is 0 Å². The van der Waals surface area contributed by atoms with Crippen molar-refractivity contribution in [2.45, 2.75) is 31.7 Å². The number of hydrogen-bond donors (Lipinski definition) is 1. The summed E-state index contributed by atoms with van der Waals surface area (Å²) >= 11 is 12.0. The monoisotopic (exact) mass is 325 g/mol. The van der Waals surface area contributed by atoms with Gasteiger partial charge in [-0.15, -0.1) is 0 Å². The summed E-state index contributed by atoms with van der Waals surface area (Å²) in [6, 6.07) is 11.9. The molecule has 0 aliphatic heterocycles. The highest BCUT2D eigenvalue weighted by molar-refractivity contribution is 6.42. The van der Waals surface area contributed by atoms with Crippen LogP contribution < -0.4 is 5.73 Å². The van der Waals surface area contributed by atoms with Gasteiger partial charge >= 0.3 is 0 Å². The van der Waals surface area contributed by atoms with Crippen LogP contribution in [-0.4, -0.2) is 6.04 Å². The Balaban J connectivity index is 2.19. The second-order valence-corrected chi connectivity index (χ2v) is 6.60. The number of benzene rings is 2. The van der Waals surface area contributed by atoms with Gasteiger partial charge in [0.05, 0.1) is 10.0 Å². The fourth-order valence-electron chi connectivity index (χ4n) is 2.27. The van der Waals surface area contributed by atoms with E-state index in [0.717, 1.165) is 11.1 Å². The first-order valence-corrected chi connectivity index (χ1v) is 7.52. The molecule has 0 aliphatic rings. The van der Waals surface area contributed by atoms with E-state index >= 15 is 0 Å². The molecule has 2 rings (SSSR count). The van der Waals surface area contributed by atoms with Crippen LogP contribution in [0.4, 0.5) is 4.39 Å². The molecule has 0 saturated heterocycles. The minimum atomic E-state index is -0.278. The topological polar surface area (TPSA) is 26.0 Å². The van der Waals surface area contributed by atoms with Crippen LogP contribution in [0.15, 0.2) is 42.5 Å². The van der Waals surface area contributed by atoms with Crippen LogP contribution in [-0.2, 0) is 11.8 Å². The van der Waals surface area contributed by atoms with E-state index in [4.69, 9.17) is 28.9 Å². The molecule has 2 aromatic rings. The summed E-state index contributed by atoms with van der Waals surface area (Å²) in [4.78, 5) is 0. The molecule has 0 bridgehead atoms. The molecule has 21 heavy (non-hydrogen) atoms. The molecular weight excluding hydrogens is 308 g/mol. The predicted octanol–water partition coefficient (Wildman–Crippen LogP) is 4.98. The maximum Gasteiger partial charge on any atom is 0.123 e. The fourth-order valence-corrected chi connectivity index (χ4v) is 2.59. The van der Waals surface area contributed by atoms with Crippen LogP contribution in [0.25, 0.3) is 0 Å². The number of halogens is 3. The standard InChI is InChI=1S/C17H18Cl2FN/c1-17(2,12-4-6-13(20)7-5-12)16(21)10-11-3-8-14(18)15(19)9-11/h3-9,16H,10,21H2,1-2H3. The van der Waals surface area contributed by atoms with Gasteiger partial charge in [-0.2, -0.15) is 0 Å². The molecule has 2 aromatic carbocycles. The van der Waals surface area contributed by atoms with Gasteiger partial charge in [-0.25, -0.2) is 4.39 Å². The normalized spacial score (nSPS) is 13.2. The Bertz CT molecular complexity index is 623. The van der Waals surface area contributed by atoms with Crippen molar-refractivity contribution in [3.63, 3.8) is 0 Å². The zero-order valence-corrected chi connectivity index (χ0v) is 13.5. The van der Waals surface area contributed by atoms with Crippen molar-refractivity contribution in [2.24, 2.45) is 5.73 Å². The lowest BCUT2D eigenvalue weighted by Gasteiger charge is -2.32. The van der Waals surface area contributed by atoms with Gasteiger partial charge in [-0.3, -0.25) is 0 Å². The van der Waals surface area contributed by atoms with E-state index in [0.29, 0.717) is 16.5 Å². The molecule has 0 saturated carbocycles. The van der Waals surface area contributed by atoms with Crippen molar-refractivity contribution < 1.29 is 4.39 Å². The Labute approximate surface area is 134 Å². The second-order valence-electron chi connectivity index (χ2n) is 5.79. The molecule has 112 valence electrons. The summed E-state index contributed by atoms with van der Waals surface area (Å²) in [7, 11) is 0. The molecule has 0 spiro atoms. The van der Waals surface area contributed by atoms with E-state index in [1.165, 1.54) is 12.1 Å². The van der Waals surface area contributed by atoms with E-state index < -0.39 is 0 Å². The molecule has 0 aliphatic carbocycles. The van der Waals surface area contributed by atoms with E-state index in [1.807, 2.05) is 12.1 Å². The Morgan fingerprint density at radius 3 is 2.24 bits per heavy atom. The Hall–Kier alpha value is -1.09. The van der Waals surface area contributed by atoms with E-state index in [1.54, 1.807) is 18.2 Å². The first-order chi connectivity index (χ1) is 9.80. The molecule has 2 N–H and O–H groups in total. The van der Waals surface area contributed by atoms with Crippen molar-refractivity contribution in [3.8, 4) is 0 Å². The highest BCUT2D eigenvalue weighted by Crippen LogP contribution is 2.29. The summed E-state index contributed by atoms with van der Waals surface area (Å²) in [6.45, 7) is 4.12. The minimum Gasteiger partial charge on any atom is -0.327 e. The summed E-state index contributed by atoms with van der Waals surface area (Å²) in [5.41, 5.74) is 8.14. The lowest BCUT2D eigenvalue weighted by molar-refractivity contribution is 0.406. The molecule has 0 amide bonds. The molecule has 1 nitrogen and oxygen atoms in total. The lowest BCUT2D eigenvalue weighted by Crippen LogP contribution is -2.42. The number of hydrogen-bond acceptors (Lipinski definition) is 1. The molecular formula is C17H18Cl2FN.